The van der Waals surface area contributed by atoms with Crippen LogP contribution in [0.25, 0.3) is 0 Å². The van der Waals surface area contributed by atoms with Crippen molar-refractivity contribution in [1.29, 1.82) is 0 Å². The third-order valence-corrected chi connectivity index (χ3v) is 5.37. The first-order valence-corrected chi connectivity index (χ1v) is 8.25. The highest BCUT2D eigenvalue weighted by molar-refractivity contribution is 7.05. The first-order chi connectivity index (χ1) is 9.74. The van der Waals surface area contributed by atoms with Crippen LogP contribution in [0.1, 0.15) is 42.8 Å². The first kappa shape index (κ1) is 14.4. The molecule has 3 atom stereocenters. The van der Waals surface area contributed by atoms with Gasteiger partial charge in [0.15, 0.2) is 0 Å². The number of rotatable bonds is 4. The molecule has 20 heavy (non-hydrogen) atoms. The van der Waals surface area contributed by atoms with E-state index in [1.807, 2.05) is 0 Å². The fraction of sp³-hybridized carbons (Fsp3) is 0.857. The summed E-state index contributed by atoms with van der Waals surface area (Å²) in [6.45, 7) is 7.59. The van der Waals surface area contributed by atoms with Crippen molar-refractivity contribution in [2.24, 2.45) is 5.92 Å². The van der Waals surface area contributed by atoms with E-state index in [2.05, 4.69) is 28.8 Å². The van der Waals surface area contributed by atoms with E-state index in [4.69, 9.17) is 9.47 Å². The molecule has 1 aromatic heterocycles. The van der Waals surface area contributed by atoms with Gasteiger partial charge in [-0.15, -0.1) is 5.10 Å². The summed E-state index contributed by atoms with van der Waals surface area (Å²) in [5.41, 5.74) is 1.02. The lowest BCUT2D eigenvalue weighted by atomic mass is 9.80. The van der Waals surface area contributed by atoms with Gasteiger partial charge in [-0.25, -0.2) is 0 Å². The van der Waals surface area contributed by atoms with Crippen LogP contribution in [-0.2, 0) is 9.47 Å². The van der Waals surface area contributed by atoms with Crippen LogP contribution in [0.4, 0.5) is 0 Å². The second kappa shape index (κ2) is 6.05. The monoisotopic (exact) mass is 297 g/mol. The van der Waals surface area contributed by atoms with Crippen LogP contribution in [0.3, 0.4) is 0 Å². The number of nitrogens with zero attached hydrogens (tertiary/aromatic N) is 2. The topological polar surface area (TPSA) is 56.3 Å². The summed E-state index contributed by atoms with van der Waals surface area (Å²) in [6, 6.07) is 0.348. The highest BCUT2D eigenvalue weighted by atomic mass is 32.1. The molecule has 2 aliphatic rings. The molecule has 0 radical (unpaired) electrons. The summed E-state index contributed by atoms with van der Waals surface area (Å²) < 4.78 is 15.7. The number of ether oxygens (including phenoxy) is 2. The lowest BCUT2D eigenvalue weighted by Gasteiger charge is -2.40. The van der Waals surface area contributed by atoms with Crippen LogP contribution in [0, 0.1) is 12.8 Å². The summed E-state index contributed by atoms with van der Waals surface area (Å²) >= 11 is 1.53. The van der Waals surface area contributed by atoms with E-state index in [0.29, 0.717) is 12.0 Å². The van der Waals surface area contributed by atoms with E-state index < -0.39 is 0 Å². The fourth-order valence-electron chi connectivity index (χ4n) is 3.43. The van der Waals surface area contributed by atoms with E-state index >= 15 is 0 Å². The van der Waals surface area contributed by atoms with Crippen LogP contribution in [-0.4, -0.2) is 41.6 Å². The molecule has 112 valence electrons. The maximum Gasteiger partial charge on any atom is 0.0940 e. The third-order valence-electron chi connectivity index (χ3n) is 4.46. The van der Waals surface area contributed by atoms with Gasteiger partial charge in [-0.1, -0.05) is 11.4 Å². The molecule has 2 aliphatic heterocycles. The van der Waals surface area contributed by atoms with Crippen LogP contribution in [0.5, 0.6) is 0 Å². The SMILES string of the molecule is CCNC(c1snnc1C)C1CCOC2(CCOC2)C1. The van der Waals surface area contributed by atoms with Gasteiger partial charge in [-0.2, -0.15) is 0 Å². The van der Waals surface area contributed by atoms with Gasteiger partial charge in [-0.05, 0) is 43.8 Å². The Bertz CT molecular complexity index is 445. The molecule has 1 N–H and O–H groups in total. The normalized spacial score (nSPS) is 31.8. The zero-order chi connectivity index (χ0) is 14.0. The second-order valence-corrected chi connectivity index (χ2v) is 6.63. The van der Waals surface area contributed by atoms with Crippen molar-refractivity contribution in [1.82, 2.24) is 14.9 Å². The minimum absolute atomic E-state index is 0.0391. The Morgan fingerprint density at radius 2 is 2.40 bits per heavy atom. The van der Waals surface area contributed by atoms with Gasteiger partial charge in [0.2, 0.25) is 0 Å². The molecular formula is C14H23N3O2S. The van der Waals surface area contributed by atoms with Gasteiger partial charge >= 0.3 is 0 Å². The van der Waals surface area contributed by atoms with Crippen molar-refractivity contribution in [3.63, 3.8) is 0 Å². The molecule has 3 unspecified atom stereocenters. The number of aromatic nitrogens is 2. The van der Waals surface area contributed by atoms with Crippen molar-refractivity contribution in [3.05, 3.63) is 10.6 Å². The van der Waals surface area contributed by atoms with E-state index in [1.54, 1.807) is 0 Å². The number of hydrogen-bond acceptors (Lipinski definition) is 6. The molecule has 2 fully saturated rings. The number of hydrogen-bond donors (Lipinski definition) is 1. The lowest BCUT2D eigenvalue weighted by Crippen LogP contribution is -2.44. The van der Waals surface area contributed by atoms with Crippen molar-refractivity contribution < 1.29 is 9.47 Å². The summed E-state index contributed by atoms with van der Waals surface area (Å²) in [7, 11) is 0. The highest BCUT2D eigenvalue weighted by Gasteiger charge is 2.43. The standard InChI is InChI=1S/C14H23N3O2S/c1-3-15-12(13-10(2)16-17-20-13)11-4-6-19-14(8-11)5-7-18-9-14/h11-12,15H,3-9H2,1-2H3. The van der Waals surface area contributed by atoms with Crippen LogP contribution < -0.4 is 5.32 Å². The molecule has 3 rings (SSSR count). The largest absolute Gasteiger partial charge is 0.378 e. The molecule has 5 nitrogen and oxygen atoms in total. The molecule has 1 aromatic rings. The Labute approximate surface area is 124 Å². The Morgan fingerprint density at radius 3 is 3.05 bits per heavy atom. The van der Waals surface area contributed by atoms with Gasteiger partial charge in [-0.3, -0.25) is 0 Å². The Kier molecular flexibility index (Phi) is 4.35. The minimum atomic E-state index is -0.0391. The predicted molar refractivity (Wildman–Crippen MR) is 77.9 cm³/mol. The zero-order valence-electron chi connectivity index (χ0n) is 12.2. The maximum atomic E-state index is 6.05. The molecule has 0 amide bonds. The van der Waals surface area contributed by atoms with Gasteiger partial charge in [0.1, 0.15) is 0 Å². The Hall–Kier alpha value is -0.560. The van der Waals surface area contributed by atoms with E-state index in [0.717, 1.165) is 51.3 Å². The number of nitrogens with one attached hydrogen (secondary N) is 1. The van der Waals surface area contributed by atoms with Crippen molar-refractivity contribution in [3.8, 4) is 0 Å². The first-order valence-electron chi connectivity index (χ1n) is 7.48. The van der Waals surface area contributed by atoms with Crippen LogP contribution >= 0.6 is 11.5 Å². The molecule has 0 aromatic carbocycles. The Balaban J connectivity index is 1.79. The summed E-state index contributed by atoms with van der Waals surface area (Å²) in [4.78, 5) is 1.29. The van der Waals surface area contributed by atoms with E-state index in [-0.39, 0.29) is 5.60 Å². The van der Waals surface area contributed by atoms with E-state index in [9.17, 15) is 0 Å². The van der Waals surface area contributed by atoms with Crippen LogP contribution in [0.2, 0.25) is 0 Å². The maximum absolute atomic E-state index is 6.05. The van der Waals surface area contributed by atoms with Crippen molar-refractivity contribution >= 4 is 11.5 Å². The van der Waals surface area contributed by atoms with Gasteiger partial charge < -0.3 is 14.8 Å². The smallest absolute Gasteiger partial charge is 0.0940 e. The molecule has 0 bridgehead atoms. The van der Waals surface area contributed by atoms with Crippen molar-refractivity contribution in [2.75, 3.05) is 26.4 Å². The predicted octanol–water partition coefficient (Wildman–Crippen LogP) is 2.08. The van der Waals surface area contributed by atoms with Gasteiger partial charge in [0.25, 0.3) is 0 Å². The summed E-state index contributed by atoms with van der Waals surface area (Å²) in [6.07, 6.45) is 3.20. The summed E-state index contributed by atoms with van der Waals surface area (Å²) in [5, 5.41) is 7.81. The molecule has 6 heteroatoms. The lowest BCUT2D eigenvalue weighted by molar-refractivity contribution is -0.103. The zero-order valence-corrected chi connectivity index (χ0v) is 13.0. The number of aryl methyl sites for hydroxylation is 1. The van der Waals surface area contributed by atoms with E-state index in [1.165, 1.54) is 16.4 Å². The molecule has 0 aliphatic carbocycles. The molecule has 0 saturated carbocycles. The second-order valence-electron chi connectivity index (χ2n) is 5.84. The average Bonchev–Trinajstić information content (AvgIpc) is 3.06. The Morgan fingerprint density at radius 1 is 1.50 bits per heavy atom. The summed E-state index contributed by atoms with van der Waals surface area (Å²) in [5.74, 6) is 0.575. The van der Waals surface area contributed by atoms with Crippen LogP contribution in [0.15, 0.2) is 0 Å². The minimum Gasteiger partial charge on any atom is -0.378 e. The fourth-order valence-corrected chi connectivity index (χ4v) is 4.24. The molecule has 2 saturated heterocycles. The quantitative estimate of drug-likeness (QED) is 0.922. The molecule has 1 spiro atoms. The highest BCUT2D eigenvalue weighted by Crippen LogP contribution is 2.41. The van der Waals surface area contributed by atoms with Gasteiger partial charge in [0, 0.05) is 25.7 Å². The van der Waals surface area contributed by atoms with Gasteiger partial charge in [0.05, 0.1) is 22.8 Å². The third kappa shape index (κ3) is 2.74. The average molecular weight is 297 g/mol. The molecular weight excluding hydrogens is 274 g/mol. The van der Waals surface area contributed by atoms with Crippen molar-refractivity contribution in [2.45, 2.75) is 44.8 Å². The molecule has 3 heterocycles.